The third-order valence-corrected chi connectivity index (χ3v) is 1.65. The van der Waals surface area contributed by atoms with E-state index in [1.807, 2.05) is 0 Å². The summed E-state index contributed by atoms with van der Waals surface area (Å²) >= 11 is 0. The maximum absolute atomic E-state index is 10.8. The van der Waals surface area contributed by atoms with Gasteiger partial charge in [-0.25, -0.2) is 14.8 Å². The van der Waals surface area contributed by atoms with Crippen molar-refractivity contribution in [2.75, 3.05) is 18.5 Å². The Morgan fingerprint density at radius 3 is 2.86 bits per heavy atom. The fourth-order valence-corrected chi connectivity index (χ4v) is 1.04. The maximum atomic E-state index is 10.8. The van der Waals surface area contributed by atoms with Crippen molar-refractivity contribution in [3.63, 3.8) is 0 Å². The van der Waals surface area contributed by atoms with Crippen LogP contribution < -0.4 is 4.90 Å². The Bertz CT molecular complexity index is 352. The highest BCUT2D eigenvalue weighted by Crippen LogP contribution is 2.12. The number of hydrogen-bond donors (Lipinski definition) is 1. The SMILES string of the molecule is C=CCN(C)c1nccnc1C(=O)O. The van der Waals surface area contributed by atoms with Gasteiger partial charge in [-0.05, 0) is 0 Å². The lowest BCUT2D eigenvalue weighted by molar-refractivity contribution is 0.0691. The van der Waals surface area contributed by atoms with Gasteiger partial charge in [-0.2, -0.15) is 0 Å². The summed E-state index contributed by atoms with van der Waals surface area (Å²) in [6, 6.07) is 0. The molecule has 0 unspecified atom stereocenters. The Morgan fingerprint density at radius 2 is 2.29 bits per heavy atom. The Labute approximate surface area is 81.7 Å². The lowest BCUT2D eigenvalue weighted by atomic mass is 10.3. The first-order valence-corrected chi connectivity index (χ1v) is 4.03. The van der Waals surface area contributed by atoms with Crippen LogP contribution in [0.15, 0.2) is 25.0 Å². The molecular weight excluding hydrogens is 182 g/mol. The topological polar surface area (TPSA) is 66.3 Å². The minimum Gasteiger partial charge on any atom is -0.476 e. The van der Waals surface area contributed by atoms with Crippen LogP contribution in [0.1, 0.15) is 10.5 Å². The Balaban J connectivity index is 3.06. The van der Waals surface area contributed by atoms with Crippen LogP contribution in [0.5, 0.6) is 0 Å². The molecule has 0 radical (unpaired) electrons. The van der Waals surface area contributed by atoms with E-state index >= 15 is 0 Å². The fourth-order valence-electron chi connectivity index (χ4n) is 1.04. The number of aromatic carboxylic acids is 1. The maximum Gasteiger partial charge on any atom is 0.358 e. The summed E-state index contributed by atoms with van der Waals surface area (Å²) in [6.07, 6.45) is 4.48. The molecular formula is C9H11N3O2. The molecule has 0 saturated carbocycles. The molecule has 0 fully saturated rings. The Kier molecular flexibility index (Phi) is 3.17. The van der Waals surface area contributed by atoms with Crippen molar-refractivity contribution in [1.29, 1.82) is 0 Å². The summed E-state index contributed by atoms with van der Waals surface area (Å²) in [5.74, 6) is -0.732. The van der Waals surface area contributed by atoms with E-state index in [9.17, 15) is 4.79 Å². The lowest BCUT2D eigenvalue weighted by Gasteiger charge is -2.16. The molecule has 5 heteroatoms. The van der Waals surface area contributed by atoms with Crippen molar-refractivity contribution >= 4 is 11.8 Å². The molecule has 0 bridgehead atoms. The van der Waals surface area contributed by atoms with Crippen LogP contribution in [0.2, 0.25) is 0 Å². The number of anilines is 1. The van der Waals surface area contributed by atoms with E-state index in [0.29, 0.717) is 12.4 Å². The van der Waals surface area contributed by atoms with Gasteiger partial charge in [-0.1, -0.05) is 6.08 Å². The van der Waals surface area contributed by atoms with Gasteiger partial charge < -0.3 is 10.0 Å². The summed E-state index contributed by atoms with van der Waals surface area (Å²) in [6.45, 7) is 4.09. The van der Waals surface area contributed by atoms with Crippen LogP contribution in [-0.4, -0.2) is 34.6 Å². The Morgan fingerprint density at radius 1 is 1.64 bits per heavy atom. The number of hydrogen-bond acceptors (Lipinski definition) is 4. The monoisotopic (exact) mass is 193 g/mol. The molecule has 0 amide bonds. The van der Waals surface area contributed by atoms with Crippen LogP contribution in [0.3, 0.4) is 0 Å². The average molecular weight is 193 g/mol. The molecule has 1 N–H and O–H groups in total. The van der Waals surface area contributed by atoms with Crippen LogP contribution in [0.25, 0.3) is 0 Å². The first kappa shape index (κ1) is 10.2. The molecule has 1 aromatic heterocycles. The zero-order chi connectivity index (χ0) is 10.6. The molecule has 74 valence electrons. The van der Waals surface area contributed by atoms with Crippen molar-refractivity contribution in [2.45, 2.75) is 0 Å². The molecule has 0 aliphatic carbocycles. The highest BCUT2D eigenvalue weighted by molar-refractivity contribution is 5.90. The van der Waals surface area contributed by atoms with Crippen molar-refractivity contribution in [3.05, 3.63) is 30.7 Å². The van der Waals surface area contributed by atoms with Gasteiger partial charge >= 0.3 is 5.97 Å². The van der Waals surface area contributed by atoms with E-state index in [1.165, 1.54) is 12.4 Å². The van der Waals surface area contributed by atoms with Crippen LogP contribution in [0, 0.1) is 0 Å². The summed E-state index contributed by atoms with van der Waals surface area (Å²) < 4.78 is 0. The first-order chi connectivity index (χ1) is 6.66. The Hall–Kier alpha value is -1.91. The average Bonchev–Trinajstić information content (AvgIpc) is 2.18. The number of rotatable bonds is 4. The van der Waals surface area contributed by atoms with Gasteiger partial charge in [0.2, 0.25) is 0 Å². The third-order valence-electron chi connectivity index (χ3n) is 1.65. The second-order valence-electron chi connectivity index (χ2n) is 2.70. The van der Waals surface area contributed by atoms with E-state index in [4.69, 9.17) is 5.11 Å². The summed E-state index contributed by atoms with van der Waals surface area (Å²) in [5, 5.41) is 8.83. The zero-order valence-corrected chi connectivity index (χ0v) is 7.84. The van der Waals surface area contributed by atoms with Gasteiger partial charge in [-0.15, -0.1) is 6.58 Å². The van der Waals surface area contributed by atoms with Crippen LogP contribution in [-0.2, 0) is 0 Å². The molecule has 5 nitrogen and oxygen atoms in total. The number of carbonyl (C=O) groups is 1. The predicted octanol–water partition coefficient (Wildman–Crippen LogP) is 0.797. The van der Waals surface area contributed by atoms with Gasteiger partial charge in [0.25, 0.3) is 0 Å². The fraction of sp³-hybridized carbons (Fsp3) is 0.222. The number of carboxylic acid groups (broad SMARTS) is 1. The van der Waals surface area contributed by atoms with Gasteiger partial charge in [0.05, 0.1) is 0 Å². The van der Waals surface area contributed by atoms with Gasteiger partial charge in [-0.3, -0.25) is 0 Å². The molecule has 0 aromatic carbocycles. The first-order valence-electron chi connectivity index (χ1n) is 4.03. The summed E-state index contributed by atoms with van der Waals surface area (Å²) in [4.78, 5) is 20.1. The van der Waals surface area contributed by atoms with Crippen molar-refractivity contribution in [3.8, 4) is 0 Å². The summed E-state index contributed by atoms with van der Waals surface area (Å²) in [5.41, 5.74) is -0.0446. The van der Waals surface area contributed by atoms with E-state index in [-0.39, 0.29) is 5.69 Å². The molecule has 1 aromatic rings. The molecule has 0 aliphatic heterocycles. The highest BCUT2D eigenvalue weighted by atomic mass is 16.4. The molecule has 0 aliphatic rings. The number of likely N-dealkylation sites (N-methyl/N-ethyl adjacent to an activating group) is 1. The minimum atomic E-state index is -1.08. The second-order valence-corrected chi connectivity index (χ2v) is 2.70. The van der Waals surface area contributed by atoms with Gasteiger partial charge in [0, 0.05) is 26.0 Å². The number of aromatic nitrogens is 2. The third kappa shape index (κ3) is 2.07. The van der Waals surface area contributed by atoms with Gasteiger partial charge in [0.1, 0.15) is 0 Å². The predicted molar refractivity (Wildman–Crippen MR) is 52.5 cm³/mol. The molecule has 1 heterocycles. The van der Waals surface area contributed by atoms with Crippen molar-refractivity contribution in [1.82, 2.24) is 9.97 Å². The lowest BCUT2D eigenvalue weighted by Crippen LogP contribution is -2.21. The number of nitrogens with zero attached hydrogens (tertiary/aromatic N) is 3. The standard InChI is InChI=1S/C9H11N3O2/c1-3-6-12(2)8-7(9(13)14)10-4-5-11-8/h3-5H,1,6H2,2H3,(H,13,14). The van der Waals surface area contributed by atoms with E-state index in [0.717, 1.165) is 0 Å². The molecule has 1 rings (SSSR count). The summed E-state index contributed by atoms with van der Waals surface area (Å²) in [7, 11) is 1.73. The zero-order valence-electron chi connectivity index (χ0n) is 7.84. The van der Waals surface area contributed by atoms with E-state index < -0.39 is 5.97 Å². The highest BCUT2D eigenvalue weighted by Gasteiger charge is 2.14. The largest absolute Gasteiger partial charge is 0.476 e. The van der Waals surface area contributed by atoms with Crippen LogP contribution in [0.4, 0.5) is 5.82 Å². The number of carboxylic acids is 1. The second kappa shape index (κ2) is 4.36. The minimum absolute atomic E-state index is 0.0446. The van der Waals surface area contributed by atoms with Crippen LogP contribution >= 0.6 is 0 Å². The molecule has 0 atom stereocenters. The van der Waals surface area contributed by atoms with Gasteiger partial charge in [0.15, 0.2) is 11.5 Å². The smallest absolute Gasteiger partial charge is 0.358 e. The van der Waals surface area contributed by atoms with Crippen molar-refractivity contribution in [2.24, 2.45) is 0 Å². The van der Waals surface area contributed by atoms with E-state index in [1.54, 1.807) is 18.0 Å². The van der Waals surface area contributed by atoms with Crippen molar-refractivity contribution < 1.29 is 9.90 Å². The molecule has 0 saturated heterocycles. The quantitative estimate of drug-likeness (QED) is 0.716. The molecule has 0 spiro atoms. The molecule has 14 heavy (non-hydrogen) atoms. The van der Waals surface area contributed by atoms with E-state index in [2.05, 4.69) is 16.5 Å². The normalized spacial score (nSPS) is 9.50.